The summed E-state index contributed by atoms with van der Waals surface area (Å²) in [5.74, 6) is -0.877. The van der Waals surface area contributed by atoms with Gasteiger partial charge in [0, 0.05) is 25.4 Å². The Morgan fingerprint density at radius 1 is 1.42 bits per heavy atom. The number of ether oxygens (including phenoxy) is 1. The van der Waals surface area contributed by atoms with Crippen molar-refractivity contribution in [1.29, 1.82) is 0 Å². The first-order valence-corrected chi connectivity index (χ1v) is 8.59. The van der Waals surface area contributed by atoms with E-state index in [9.17, 15) is 13.2 Å². The largest absolute Gasteiger partial charge is 0.481 e. The zero-order valence-electron chi connectivity index (χ0n) is 11.1. The molecule has 1 N–H and O–H groups in total. The lowest BCUT2D eigenvalue weighted by Gasteiger charge is -2.38. The molecule has 110 valence electrons. The molecule has 1 aliphatic heterocycles. The van der Waals surface area contributed by atoms with Gasteiger partial charge in [0.15, 0.2) is 9.84 Å². The number of morpholine rings is 1. The fourth-order valence-electron chi connectivity index (χ4n) is 3.19. The Balaban J connectivity index is 2.02. The Kier molecular flexibility index (Phi) is 4.47. The highest BCUT2D eigenvalue weighted by Gasteiger charge is 2.40. The van der Waals surface area contributed by atoms with Gasteiger partial charge in [0.25, 0.3) is 0 Å². The summed E-state index contributed by atoms with van der Waals surface area (Å²) < 4.78 is 29.0. The summed E-state index contributed by atoms with van der Waals surface area (Å²) in [5, 5.41) is 8.49. The molecule has 1 aliphatic carbocycles. The Morgan fingerprint density at radius 3 is 2.79 bits per heavy atom. The predicted molar refractivity (Wildman–Crippen MR) is 69.8 cm³/mol. The van der Waals surface area contributed by atoms with Crippen molar-refractivity contribution >= 4 is 15.8 Å². The second-order valence-corrected chi connectivity index (χ2v) is 7.72. The summed E-state index contributed by atoms with van der Waals surface area (Å²) in [6, 6.07) is 0.0233. The number of nitrogens with zero attached hydrogens (tertiary/aromatic N) is 1. The molecule has 0 amide bonds. The minimum Gasteiger partial charge on any atom is -0.481 e. The zero-order chi connectivity index (χ0) is 14.0. The molecule has 2 fully saturated rings. The van der Waals surface area contributed by atoms with E-state index >= 15 is 0 Å². The molecule has 0 spiro atoms. The third kappa shape index (κ3) is 3.67. The number of rotatable bonds is 4. The van der Waals surface area contributed by atoms with E-state index in [-0.39, 0.29) is 23.8 Å². The highest BCUT2D eigenvalue weighted by atomic mass is 32.2. The maximum atomic E-state index is 11.8. The van der Waals surface area contributed by atoms with Crippen LogP contribution < -0.4 is 0 Å². The molecule has 3 unspecified atom stereocenters. The van der Waals surface area contributed by atoms with Crippen LogP contribution in [0.15, 0.2) is 0 Å². The van der Waals surface area contributed by atoms with Crippen molar-refractivity contribution < 1.29 is 23.1 Å². The van der Waals surface area contributed by atoms with Gasteiger partial charge >= 0.3 is 5.97 Å². The Bertz CT molecular complexity index is 435. The van der Waals surface area contributed by atoms with Crippen LogP contribution in [-0.2, 0) is 19.4 Å². The van der Waals surface area contributed by atoms with Crippen LogP contribution in [0.4, 0.5) is 0 Å². The molecule has 0 aromatic heterocycles. The molecule has 0 radical (unpaired) electrons. The number of sulfone groups is 1. The van der Waals surface area contributed by atoms with E-state index in [1.807, 2.05) is 0 Å². The first-order chi connectivity index (χ1) is 8.88. The number of hydrogen-bond acceptors (Lipinski definition) is 5. The number of carboxylic acid groups (broad SMARTS) is 1. The molecule has 2 rings (SSSR count). The first kappa shape index (κ1) is 14.7. The highest BCUT2D eigenvalue weighted by Crippen LogP contribution is 2.30. The monoisotopic (exact) mass is 291 g/mol. The van der Waals surface area contributed by atoms with E-state index in [0.717, 1.165) is 12.8 Å². The molecule has 6 nitrogen and oxygen atoms in total. The van der Waals surface area contributed by atoms with Crippen LogP contribution in [0.25, 0.3) is 0 Å². The van der Waals surface area contributed by atoms with E-state index < -0.39 is 15.8 Å². The van der Waals surface area contributed by atoms with Crippen LogP contribution in [0.1, 0.15) is 25.7 Å². The standard InChI is InChI=1S/C12H21NO5S/c1-19(16,17)11-4-2-3-10(11)13-5-6-18-9(8-13)7-12(14)15/h9-11H,2-8H2,1H3,(H,14,15). The van der Waals surface area contributed by atoms with Crippen molar-refractivity contribution in [1.82, 2.24) is 4.90 Å². The molecular weight excluding hydrogens is 270 g/mol. The molecule has 2 aliphatic rings. The fourth-order valence-corrected chi connectivity index (χ4v) is 4.66. The van der Waals surface area contributed by atoms with Gasteiger partial charge in [-0.3, -0.25) is 9.69 Å². The average Bonchev–Trinajstić information content (AvgIpc) is 2.76. The van der Waals surface area contributed by atoms with Gasteiger partial charge in [0.05, 0.1) is 24.4 Å². The van der Waals surface area contributed by atoms with Crippen LogP contribution >= 0.6 is 0 Å². The number of carboxylic acids is 1. The van der Waals surface area contributed by atoms with Gasteiger partial charge in [0.1, 0.15) is 0 Å². The minimum absolute atomic E-state index is 0.0211. The van der Waals surface area contributed by atoms with Crippen molar-refractivity contribution in [3.63, 3.8) is 0 Å². The van der Waals surface area contributed by atoms with E-state index in [1.165, 1.54) is 6.26 Å². The summed E-state index contributed by atoms with van der Waals surface area (Å²) in [6.07, 6.45) is 3.45. The lowest BCUT2D eigenvalue weighted by Crippen LogP contribution is -2.52. The Hall–Kier alpha value is -0.660. The molecule has 1 saturated carbocycles. The molecule has 19 heavy (non-hydrogen) atoms. The molecule has 0 aromatic rings. The molecule has 0 bridgehead atoms. The summed E-state index contributed by atoms with van der Waals surface area (Å²) in [4.78, 5) is 12.8. The fraction of sp³-hybridized carbons (Fsp3) is 0.917. The maximum absolute atomic E-state index is 11.8. The summed E-state index contributed by atoms with van der Waals surface area (Å²) >= 11 is 0. The third-order valence-electron chi connectivity index (χ3n) is 4.01. The van der Waals surface area contributed by atoms with Crippen LogP contribution in [0.3, 0.4) is 0 Å². The van der Waals surface area contributed by atoms with Crippen LogP contribution in [-0.4, -0.2) is 67.7 Å². The quantitative estimate of drug-likeness (QED) is 0.792. The normalized spacial score (nSPS) is 33.4. The van der Waals surface area contributed by atoms with E-state index in [1.54, 1.807) is 0 Å². The van der Waals surface area contributed by atoms with Crippen molar-refractivity contribution in [2.75, 3.05) is 26.0 Å². The lowest BCUT2D eigenvalue weighted by atomic mass is 10.1. The van der Waals surface area contributed by atoms with E-state index in [4.69, 9.17) is 9.84 Å². The Morgan fingerprint density at radius 2 is 2.16 bits per heavy atom. The topological polar surface area (TPSA) is 83.9 Å². The van der Waals surface area contributed by atoms with Crippen LogP contribution in [0, 0.1) is 0 Å². The zero-order valence-corrected chi connectivity index (χ0v) is 11.9. The van der Waals surface area contributed by atoms with Gasteiger partial charge in [-0.05, 0) is 12.8 Å². The van der Waals surface area contributed by atoms with E-state index in [0.29, 0.717) is 26.1 Å². The smallest absolute Gasteiger partial charge is 0.306 e. The first-order valence-electron chi connectivity index (χ1n) is 6.64. The van der Waals surface area contributed by atoms with Gasteiger partial charge < -0.3 is 9.84 Å². The average molecular weight is 291 g/mol. The second kappa shape index (κ2) is 5.76. The van der Waals surface area contributed by atoms with Crippen molar-refractivity contribution in [3.8, 4) is 0 Å². The van der Waals surface area contributed by atoms with Gasteiger partial charge in [-0.15, -0.1) is 0 Å². The predicted octanol–water partition coefficient (Wildman–Crippen LogP) is 0.128. The highest BCUT2D eigenvalue weighted by molar-refractivity contribution is 7.91. The van der Waals surface area contributed by atoms with Crippen molar-refractivity contribution in [2.24, 2.45) is 0 Å². The minimum atomic E-state index is -3.04. The van der Waals surface area contributed by atoms with Crippen molar-refractivity contribution in [2.45, 2.75) is 43.1 Å². The number of carbonyl (C=O) groups is 1. The maximum Gasteiger partial charge on any atom is 0.306 e. The molecular formula is C12H21NO5S. The lowest BCUT2D eigenvalue weighted by molar-refractivity contribution is -0.142. The second-order valence-electron chi connectivity index (χ2n) is 5.45. The molecule has 1 saturated heterocycles. The number of aliphatic carboxylic acids is 1. The summed E-state index contributed by atoms with van der Waals surface area (Å²) in [5.41, 5.74) is 0. The summed E-state index contributed by atoms with van der Waals surface area (Å²) in [7, 11) is -3.04. The number of hydrogen-bond donors (Lipinski definition) is 1. The SMILES string of the molecule is CS(=O)(=O)C1CCCC1N1CCOC(CC(=O)O)C1. The molecule has 3 atom stereocenters. The van der Waals surface area contributed by atoms with Gasteiger partial charge in [-0.25, -0.2) is 8.42 Å². The van der Waals surface area contributed by atoms with Gasteiger partial charge in [-0.2, -0.15) is 0 Å². The molecule has 0 aromatic carbocycles. The Labute approximate surface area is 113 Å². The van der Waals surface area contributed by atoms with Gasteiger partial charge in [-0.1, -0.05) is 6.42 Å². The van der Waals surface area contributed by atoms with Crippen LogP contribution in [0.5, 0.6) is 0 Å². The third-order valence-corrected chi connectivity index (χ3v) is 5.66. The summed E-state index contributed by atoms with van der Waals surface area (Å²) in [6.45, 7) is 1.68. The molecule has 7 heteroatoms. The molecule has 1 heterocycles. The van der Waals surface area contributed by atoms with Crippen molar-refractivity contribution in [3.05, 3.63) is 0 Å². The van der Waals surface area contributed by atoms with Gasteiger partial charge in [0.2, 0.25) is 0 Å². The van der Waals surface area contributed by atoms with E-state index in [2.05, 4.69) is 4.90 Å². The van der Waals surface area contributed by atoms with Crippen LogP contribution in [0.2, 0.25) is 0 Å².